The second kappa shape index (κ2) is 9.43. The zero-order valence-electron chi connectivity index (χ0n) is 17.3. The molecule has 2 aromatic carbocycles. The maximum Gasteiger partial charge on any atom is 0.311 e. The second-order valence-corrected chi connectivity index (χ2v) is 8.41. The number of nitrogens with one attached hydrogen (secondary N) is 1. The molecule has 1 aliphatic rings. The minimum absolute atomic E-state index is 0.0847. The van der Waals surface area contributed by atoms with E-state index in [1.807, 2.05) is 63.2 Å². The van der Waals surface area contributed by atoms with Crippen LogP contribution in [0.1, 0.15) is 36.1 Å². The number of ether oxygens (including phenoxy) is 1. The van der Waals surface area contributed by atoms with Crippen molar-refractivity contribution in [1.29, 1.82) is 0 Å². The quantitative estimate of drug-likeness (QED) is 0.640. The summed E-state index contributed by atoms with van der Waals surface area (Å²) in [5.74, 6) is -1.58. The Hall–Kier alpha value is -2.67. The molecule has 0 aliphatic carbocycles. The van der Waals surface area contributed by atoms with Gasteiger partial charge in [-0.1, -0.05) is 46.3 Å². The van der Waals surface area contributed by atoms with Gasteiger partial charge in [-0.05, 0) is 49.6 Å². The summed E-state index contributed by atoms with van der Waals surface area (Å²) in [6.45, 7) is 5.72. The molecule has 2 atom stereocenters. The van der Waals surface area contributed by atoms with E-state index in [0.717, 1.165) is 21.2 Å². The number of aryl methyl sites for hydroxylation is 2. The molecule has 0 aromatic heterocycles. The zero-order chi connectivity index (χ0) is 21.8. The van der Waals surface area contributed by atoms with Crippen LogP contribution >= 0.6 is 15.9 Å². The molecule has 3 rings (SSSR count). The van der Waals surface area contributed by atoms with Gasteiger partial charge in [0.2, 0.25) is 5.91 Å². The lowest BCUT2D eigenvalue weighted by atomic mass is 10.1. The molecular formula is C23H25BrN2O4. The van der Waals surface area contributed by atoms with Crippen molar-refractivity contribution < 1.29 is 19.1 Å². The SMILES string of the molecule is Cc1cc(NC(=O)COC(=O)[C@@H]2CC(=O)N([C@@H](C)c3ccccc3)C2)cc(C)c1Br. The van der Waals surface area contributed by atoms with Crippen LogP contribution in [0.4, 0.5) is 5.69 Å². The van der Waals surface area contributed by atoms with Gasteiger partial charge in [0.25, 0.3) is 5.91 Å². The van der Waals surface area contributed by atoms with Crippen LogP contribution in [-0.2, 0) is 19.1 Å². The smallest absolute Gasteiger partial charge is 0.311 e. The largest absolute Gasteiger partial charge is 0.455 e. The summed E-state index contributed by atoms with van der Waals surface area (Å²) in [5, 5.41) is 2.74. The highest BCUT2D eigenvalue weighted by Crippen LogP contribution is 2.29. The molecule has 1 N–H and O–H groups in total. The minimum atomic E-state index is -0.561. The summed E-state index contributed by atoms with van der Waals surface area (Å²) in [7, 11) is 0. The highest BCUT2D eigenvalue weighted by atomic mass is 79.9. The van der Waals surface area contributed by atoms with Gasteiger partial charge in [0, 0.05) is 23.1 Å². The number of amides is 2. The van der Waals surface area contributed by atoms with Crippen LogP contribution in [0.5, 0.6) is 0 Å². The first-order valence-corrected chi connectivity index (χ1v) is 10.6. The Morgan fingerprint density at radius 2 is 1.83 bits per heavy atom. The predicted molar refractivity (Wildman–Crippen MR) is 118 cm³/mol. The van der Waals surface area contributed by atoms with Crippen molar-refractivity contribution in [3.8, 4) is 0 Å². The molecule has 30 heavy (non-hydrogen) atoms. The summed E-state index contributed by atoms with van der Waals surface area (Å²) in [4.78, 5) is 38.7. The van der Waals surface area contributed by atoms with Crippen LogP contribution in [0.2, 0.25) is 0 Å². The minimum Gasteiger partial charge on any atom is -0.455 e. The van der Waals surface area contributed by atoms with Crippen LogP contribution in [-0.4, -0.2) is 35.8 Å². The number of halogens is 1. The topological polar surface area (TPSA) is 75.7 Å². The molecule has 158 valence electrons. The van der Waals surface area contributed by atoms with E-state index in [9.17, 15) is 14.4 Å². The molecule has 0 spiro atoms. The molecule has 0 radical (unpaired) electrons. The molecule has 1 heterocycles. The number of rotatable bonds is 6. The molecule has 1 aliphatic heterocycles. The number of hydrogen-bond acceptors (Lipinski definition) is 4. The second-order valence-electron chi connectivity index (χ2n) is 7.61. The van der Waals surface area contributed by atoms with Crippen molar-refractivity contribution in [1.82, 2.24) is 4.90 Å². The number of carbonyl (C=O) groups is 3. The van der Waals surface area contributed by atoms with Gasteiger partial charge >= 0.3 is 5.97 Å². The van der Waals surface area contributed by atoms with Crippen molar-refractivity contribution >= 4 is 39.4 Å². The van der Waals surface area contributed by atoms with E-state index in [0.29, 0.717) is 12.2 Å². The number of anilines is 1. The van der Waals surface area contributed by atoms with Crippen molar-refractivity contribution in [2.75, 3.05) is 18.5 Å². The van der Waals surface area contributed by atoms with Crippen LogP contribution < -0.4 is 5.32 Å². The molecule has 0 bridgehead atoms. The maximum absolute atomic E-state index is 12.4. The van der Waals surface area contributed by atoms with Crippen LogP contribution in [0, 0.1) is 19.8 Å². The predicted octanol–water partition coefficient (Wildman–Crippen LogP) is 4.16. The van der Waals surface area contributed by atoms with E-state index in [2.05, 4.69) is 21.2 Å². The van der Waals surface area contributed by atoms with Gasteiger partial charge in [-0.25, -0.2) is 0 Å². The Morgan fingerprint density at radius 1 is 1.20 bits per heavy atom. The molecule has 2 aromatic rings. The highest BCUT2D eigenvalue weighted by Gasteiger charge is 2.38. The fourth-order valence-corrected chi connectivity index (χ4v) is 3.87. The molecule has 1 fully saturated rings. The Morgan fingerprint density at radius 3 is 2.47 bits per heavy atom. The van der Waals surface area contributed by atoms with Gasteiger partial charge in [-0.3, -0.25) is 14.4 Å². The number of benzene rings is 2. The van der Waals surface area contributed by atoms with Gasteiger partial charge < -0.3 is 15.0 Å². The fraction of sp³-hybridized carbons (Fsp3) is 0.348. The Balaban J connectivity index is 1.53. The van der Waals surface area contributed by atoms with Crippen molar-refractivity contribution in [2.45, 2.75) is 33.2 Å². The van der Waals surface area contributed by atoms with Crippen molar-refractivity contribution in [3.05, 3.63) is 63.6 Å². The Kier molecular flexibility index (Phi) is 6.92. The Bertz CT molecular complexity index is 938. The third kappa shape index (κ3) is 5.08. The standard InChI is InChI=1S/C23H25BrN2O4/c1-14-9-19(10-15(2)22(14)24)25-20(27)13-30-23(29)18-11-21(28)26(12-18)16(3)17-7-5-4-6-8-17/h4-10,16,18H,11-13H2,1-3H3,(H,25,27)/t16-,18+/m0/s1. The number of likely N-dealkylation sites (tertiary alicyclic amines) is 1. The van der Waals surface area contributed by atoms with E-state index < -0.39 is 17.8 Å². The molecule has 7 heteroatoms. The third-order valence-corrected chi connectivity index (χ3v) is 6.56. The molecule has 2 amide bonds. The first-order chi connectivity index (χ1) is 14.3. The zero-order valence-corrected chi connectivity index (χ0v) is 18.9. The van der Waals surface area contributed by atoms with Crippen LogP contribution in [0.3, 0.4) is 0 Å². The first-order valence-electron chi connectivity index (χ1n) is 9.84. The maximum atomic E-state index is 12.4. The number of hydrogen-bond donors (Lipinski definition) is 1. The number of carbonyl (C=O) groups excluding carboxylic acids is 3. The summed E-state index contributed by atoms with van der Waals surface area (Å²) in [6, 6.07) is 13.2. The third-order valence-electron chi connectivity index (χ3n) is 5.31. The van der Waals surface area contributed by atoms with Crippen molar-refractivity contribution in [2.24, 2.45) is 5.92 Å². The van der Waals surface area contributed by atoms with Crippen molar-refractivity contribution in [3.63, 3.8) is 0 Å². The molecular weight excluding hydrogens is 448 g/mol. The number of nitrogens with zero attached hydrogens (tertiary/aromatic N) is 1. The highest BCUT2D eigenvalue weighted by molar-refractivity contribution is 9.10. The van der Waals surface area contributed by atoms with E-state index in [-0.39, 0.29) is 25.0 Å². The average Bonchev–Trinajstić information content (AvgIpc) is 3.12. The normalized spacial score (nSPS) is 17.0. The number of esters is 1. The van der Waals surface area contributed by atoms with E-state index in [1.54, 1.807) is 4.90 Å². The van der Waals surface area contributed by atoms with E-state index in [4.69, 9.17) is 4.74 Å². The Labute approximate surface area is 184 Å². The summed E-state index contributed by atoms with van der Waals surface area (Å²) in [6.07, 6.45) is 0.0999. The van der Waals surface area contributed by atoms with E-state index in [1.165, 1.54) is 0 Å². The monoisotopic (exact) mass is 472 g/mol. The molecule has 0 saturated carbocycles. The lowest BCUT2D eigenvalue weighted by molar-refractivity contribution is -0.151. The molecule has 6 nitrogen and oxygen atoms in total. The summed E-state index contributed by atoms with van der Waals surface area (Å²) < 4.78 is 6.18. The van der Waals surface area contributed by atoms with Crippen LogP contribution in [0.25, 0.3) is 0 Å². The lowest BCUT2D eigenvalue weighted by Crippen LogP contribution is -2.30. The van der Waals surface area contributed by atoms with Gasteiger partial charge in [0.1, 0.15) is 0 Å². The van der Waals surface area contributed by atoms with Gasteiger partial charge in [-0.15, -0.1) is 0 Å². The first kappa shape index (κ1) is 22.0. The molecule has 1 saturated heterocycles. The lowest BCUT2D eigenvalue weighted by Gasteiger charge is -2.25. The van der Waals surface area contributed by atoms with E-state index >= 15 is 0 Å². The summed E-state index contributed by atoms with van der Waals surface area (Å²) in [5.41, 5.74) is 3.66. The van der Waals surface area contributed by atoms with Gasteiger partial charge in [-0.2, -0.15) is 0 Å². The van der Waals surface area contributed by atoms with Gasteiger partial charge in [0.15, 0.2) is 6.61 Å². The molecule has 0 unspecified atom stereocenters. The average molecular weight is 473 g/mol. The van der Waals surface area contributed by atoms with Crippen LogP contribution in [0.15, 0.2) is 46.9 Å². The summed E-state index contributed by atoms with van der Waals surface area (Å²) >= 11 is 3.49. The van der Waals surface area contributed by atoms with Gasteiger partial charge in [0.05, 0.1) is 12.0 Å². The fourth-order valence-electron chi connectivity index (χ4n) is 3.64.